The van der Waals surface area contributed by atoms with Gasteiger partial charge in [-0.15, -0.1) is 0 Å². The predicted molar refractivity (Wildman–Crippen MR) is 74.9 cm³/mol. The number of unbranched alkanes of at least 4 members (excludes halogenated alkanes) is 2. The summed E-state index contributed by atoms with van der Waals surface area (Å²) in [5.74, 6) is 0.0372. The van der Waals surface area contributed by atoms with E-state index >= 15 is 0 Å². The van der Waals surface area contributed by atoms with Crippen LogP contribution >= 0.6 is 0 Å². The summed E-state index contributed by atoms with van der Waals surface area (Å²) in [6.45, 7) is 5.77. The highest BCUT2D eigenvalue weighted by Gasteiger charge is 2.15. The van der Waals surface area contributed by atoms with Crippen molar-refractivity contribution in [1.82, 2.24) is 9.88 Å². The molecule has 0 radical (unpaired) electrons. The molecule has 0 atom stereocenters. The van der Waals surface area contributed by atoms with Crippen LogP contribution in [0.3, 0.4) is 0 Å². The Labute approximate surface area is 109 Å². The van der Waals surface area contributed by atoms with E-state index in [9.17, 15) is 4.79 Å². The van der Waals surface area contributed by atoms with E-state index < -0.39 is 0 Å². The molecule has 0 aliphatic carbocycles. The van der Waals surface area contributed by atoms with Crippen LogP contribution in [0.4, 0.5) is 5.69 Å². The van der Waals surface area contributed by atoms with Crippen molar-refractivity contribution >= 4 is 11.6 Å². The number of nitrogens with zero attached hydrogens (tertiary/aromatic N) is 2. The summed E-state index contributed by atoms with van der Waals surface area (Å²) in [6, 6.07) is 1.84. The summed E-state index contributed by atoms with van der Waals surface area (Å²) in [7, 11) is 1.85. The smallest absolute Gasteiger partial charge is 0.257 e. The van der Waals surface area contributed by atoms with Crippen LogP contribution in [0.1, 0.15) is 43.5 Å². The average Bonchev–Trinajstić information content (AvgIpc) is 2.39. The van der Waals surface area contributed by atoms with Gasteiger partial charge in [0.1, 0.15) is 0 Å². The summed E-state index contributed by atoms with van der Waals surface area (Å²) in [4.78, 5) is 18.1. The number of carbonyl (C=O) groups is 1. The molecule has 0 aliphatic rings. The van der Waals surface area contributed by atoms with E-state index in [2.05, 4.69) is 17.2 Å². The Morgan fingerprint density at radius 1 is 1.39 bits per heavy atom. The fraction of sp³-hybridized carbons (Fsp3) is 0.571. The molecular weight excluding hydrogens is 226 g/mol. The van der Waals surface area contributed by atoms with Gasteiger partial charge in [-0.25, -0.2) is 0 Å². The van der Waals surface area contributed by atoms with Gasteiger partial charge in [-0.05, 0) is 19.4 Å². The normalized spacial score (nSPS) is 10.2. The lowest BCUT2D eigenvalue weighted by atomic mass is 10.2. The van der Waals surface area contributed by atoms with Crippen molar-refractivity contribution in [2.45, 2.75) is 33.1 Å². The molecule has 0 bridgehead atoms. The van der Waals surface area contributed by atoms with Gasteiger partial charge in [0, 0.05) is 32.5 Å². The van der Waals surface area contributed by atoms with E-state index in [1.807, 2.05) is 20.0 Å². The Morgan fingerprint density at radius 2 is 2.17 bits per heavy atom. The lowest BCUT2D eigenvalue weighted by molar-refractivity contribution is 0.0793. The van der Waals surface area contributed by atoms with E-state index in [0.29, 0.717) is 5.56 Å². The highest BCUT2D eigenvalue weighted by Crippen LogP contribution is 2.15. The van der Waals surface area contributed by atoms with Crippen molar-refractivity contribution in [3.05, 3.63) is 24.0 Å². The molecule has 18 heavy (non-hydrogen) atoms. The monoisotopic (exact) mass is 249 g/mol. The first kappa shape index (κ1) is 14.5. The molecule has 1 rings (SSSR count). The summed E-state index contributed by atoms with van der Waals surface area (Å²) in [5, 5.41) is 3.19. The first-order chi connectivity index (χ1) is 8.70. The first-order valence-electron chi connectivity index (χ1n) is 6.64. The zero-order valence-electron chi connectivity index (χ0n) is 11.6. The van der Waals surface area contributed by atoms with Crippen molar-refractivity contribution < 1.29 is 4.79 Å². The SMILES string of the molecule is CCCCCN(C)C(=O)c1cnccc1NCC. The number of pyridine rings is 1. The van der Waals surface area contributed by atoms with Crippen LogP contribution in [0.15, 0.2) is 18.5 Å². The molecule has 1 heterocycles. The molecular formula is C14H23N3O. The van der Waals surface area contributed by atoms with Crippen molar-refractivity contribution in [1.29, 1.82) is 0 Å². The third kappa shape index (κ3) is 4.02. The molecule has 0 aliphatic heterocycles. The molecule has 1 aromatic rings. The molecule has 0 saturated carbocycles. The zero-order valence-corrected chi connectivity index (χ0v) is 11.6. The van der Waals surface area contributed by atoms with Gasteiger partial charge in [0.05, 0.1) is 11.3 Å². The van der Waals surface area contributed by atoms with Gasteiger partial charge in [-0.2, -0.15) is 0 Å². The number of anilines is 1. The third-order valence-electron chi connectivity index (χ3n) is 2.86. The predicted octanol–water partition coefficient (Wildman–Crippen LogP) is 2.78. The number of nitrogens with one attached hydrogen (secondary N) is 1. The number of amides is 1. The first-order valence-corrected chi connectivity index (χ1v) is 6.64. The standard InChI is InChI=1S/C14H23N3O/c1-4-6-7-10-17(3)14(18)12-11-15-9-8-13(12)16-5-2/h8-9,11H,4-7,10H2,1-3H3,(H,15,16). The van der Waals surface area contributed by atoms with Crippen molar-refractivity contribution in [3.63, 3.8) is 0 Å². The Kier molecular flexibility index (Phi) is 6.19. The molecule has 0 spiro atoms. The molecule has 0 saturated heterocycles. The van der Waals surface area contributed by atoms with Crippen molar-refractivity contribution in [2.24, 2.45) is 0 Å². The number of rotatable bonds is 7. The summed E-state index contributed by atoms with van der Waals surface area (Å²) in [6.07, 6.45) is 6.71. The number of hydrogen-bond donors (Lipinski definition) is 1. The van der Waals surface area contributed by atoms with E-state index in [1.54, 1.807) is 17.3 Å². The summed E-state index contributed by atoms with van der Waals surface area (Å²) < 4.78 is 0. The lowest BCUT2D eigenvalue weighted by Crippen LogP contribution is -2.28. The molecule has 0 fully saturated rings. The molecule has 1 amide bonds. The second-order valence-electron chi connectivity index (χ2n) is 4.39. The molecule has 100 valence electrons. The van der Waals surface area contributed by atoms with Crippen LogP contribution < -0.4 is 5.32 Å². The zero-order chi connectivity index (χ0) is 13.4. The maximum atomic E-state index is 12.3. The second-order valence-corrected chi connectivity index (χ2v) is 4.39. The molecule has 1 N–H and O–H groups in total. The van der Waals surface area contributed by atoms with Gasteiger partial charge in [0.15, 0.2) is 0 Å². The minimum Gasteiger partial charge on any atom is -0.385 e. The van der Waals surface area contributed by atoms with Gasteiger partial charge >= 0.3 is 0 Å². The molecule has 4 nitrogen and oxygen atoms in total. The van der Waals surface area contributed by atoms with Gasteiger partial charge in [0.25, 0.3) is 5.91 Å². The minimum absolute atomic E-state index is 0.0372. The largest absolute Gasteiger partial charge is 0.385 e. The fourth-order valence-electron chi connectivity index (χ4n) is 1.82. The van der Waals surface area contributed by atoms with E-state index in [0.717, 1.165) is 38.0 Å². The number of aromatic nitrogens is 1. The number of hydrogen-bond acceptors (Lipinski definition) is 3. The summed E-state index contributed by atoms with van der Waals surface area (Å²) >= 11 is 0. The van der Waals surface area contributed by atoms with Gasteiger partial charge in [0.2, 0.25) is 0 Å². The molecule has 0 unspecified atom stereocenters. The number of carbonyl (C=O) groups excluding carboxylic acids is 1. The van der Waals surface area contributed by atoms with Crippen LogP contribution in [-0.4, -0.2) is 35.9 Å². The fourth-order valence-corrected chi connectivity index (χ4v) is 1.82. The maximum absolute atomic E-state index is 12.3. The quantitative estimate of drug-likeness (QED) is 0.756. The Balaban J connectivity index is 2.70. The Bertz CT molecular complexity index is 379. The highest BCUT2D eigenvalue weighted by molar-refractivity contribution is 5.99. The highest BCUT2D eigenvalue weighted by atomic mass is 16.2. The van der Waals surface area contributed by atoms with Crippen LogP contribution in [0.2, 0.25) is 0 Å². The molecule has 1 aromatic heterocycles. The van der Waals surface area contributed by atoms with E-state index in [-0.39, 0.29) is 5.91 Å². The summed E-state index contributed by atoms with van der Waals surface area (Å²) in [5.41, 5.74) is 1.51. The van der Waals surface area contributed by atoms with Gasteiger partial charge in [-0.3, -0.25) is 9.78 Å². The van der Waals surface area contributed by atoms with Crippen LogP contribution in [0.25, 0.3) is 0 Å². The third-order valence-corrected chi connectivity index (χ3v) is 2.86. The topological polar surface area (TPSA) is 45.2 Å². The maximum Gasteiger partial charge on any atom is 0.257 e. The lowest BCUT2D eigenvalue weighted by Gasteiger charge is -2.18. The van der Waals surface area contributed by atoms with Crippen LogP contribution in [0, 0.1) is 0 Å². The Morgan fingerprint density at radius 3 is 2.83 bits per heavy atom. The van der Waals surface area contributed by atoms with Crippen LogP contribution in [-0.2, 0) is 0 Å². The molecule has 0 aromatic carbocycles. The molecule has 4 heteroatoms. The Hall–Kier alpha value is -1.58. The van der Waals surface area contributed by atoms with Crippen LogP contribution in [0.5, 0.6) is 0 Å². The minimum atomic E-state index is 0.0372. The average molecular weight is 249 g/mol. The van der Waals surface area contributed by atoms with Gasteiger partial charge < -0.3 is 10.2 Å². The van der Waals surface area contributed by atoms with E-state index in [1.165, 1.54) is 0 Å². The van der Waals surface area contributed by atoms with Crippen molar-refractivity contribution in [3.8, 4) is 0 Å². The second kappa shape index (κ2) is 7.69. The van der Waals surface area contributed by atoms with Crippen molar-refractivity contribution in [2.75, 3.05) is 25.5 Å². The van der Waals surface area contributed by atoms with Gasteiger partial charge in [-0.1, -0.05) is 19.8 Å². The van der Waals surface area contributed by atoms with E-state index in [4.69, 9.17) is 0 Å².